The number of nitrogens with zero attached hydrogens (tertiary/aromatic N) is 2. The third kappa shape index (κ3) is 5.89. The van der Waals surface area contributed by atoms with E-state index in [2.05, 4.69) is 23.3 Å². The van der Waals surface area contributed by atoms with Gasteiger partial charge in [-0.05, 0) is 31.5 Å². The number of ether oxygens (including phenoxy) is 1. The third-order valence-electron chi connectivity index (χ3n) is 3.91. The molecule has 0 atom stereocenters. The van der Waals surface area contributed by atoms with Gasteiger partial charge in [-0.25, -0.2) is 9.10 Å². The Morgan fingerprint density at radius 3 is 2.62 bits per heavy atom. The van der Waals surface area contributed by atoms with Crippen molar-refractivity contribution in [2.24, 2.45) is 0 Å². The van der Waals surface area contributed by atoms with Crippen LogP contribution in [0.15, 0.2) is 28.9 Å². The van der Waals surface area contributed by atoms with Crippen LogP contribution in [0.5, 0.6) is 5.75 Å². The van der Waals surface area contributed by atoms with Crippen LogP contribution in [-0.4, -0.2) is 28.0 Å². The van der Waals surface area contributed by atoms with Gasteiger partial charge in [0.1, 0.15) is 17.1 Å². The van der Waals surface area contributed by atoms with E-state index in [4.69, 9.17) is 9.26 Å². The molecule has 0 fully saturated rings. The largest absolute Gasteiger partial charge is 0.493 e. The Bertz CT molecular complexity index is 870. The van der Waals surface area contributed by atoms with Crippen LogP contribution in [0, 0.1) is 6.92 Å². The number of hydrogen-bond donors (Lipinski definition) is 2. The van der Waals surface area contributed by atoms with Gasteiger partial charge in [0.2, 0.25) is 0 Å². The molecule has 0 radical (unpaired) electrons. The molecule has 2 rings (SSSR count). The lowest BCUT2D eigenvalue weighted by molar-refractivity contribution is -0.138. The molecule has 1 aromatic carbocycles. The summed E-state index contributed by atoms with van der Waals surface area (Å²) in [6.45, 7) is 3.59. The van der Waals surface area contributed by atoms with Crippen LogP contribution in [0.25, 0.3) is 0 Å². The van der Waals surface area contributed by atoms with Gasteiger partial charge < -0.3 is 14.6 Å². The summed E-state index contributed by atoms with van der Waals surface area (Å²) in [6.07, 6.45) is -1.19. The van der Waals surface area contributed by atoms with Crippen LogP contribution >= 0.6 is 12.8 Å². The first-order chi connectivity index (χ1) is 13.6. The Hall–Kier alpha value is -2.69. The number of benzene rings is 1. The van der Waals surface area contributed by atoms with Crippen molar-refractivity contribution in [2.75, 3.05) is 11.9 Å². The molecule has 1 aromatic heterocycles. The summed E-state index contributed by atoms with van der Waals surface area (Å²) in [6, 6.07) is 2.07. The second-order valence-electron chi connectivity index (χ2n) is 6.11. The van der Waals surface area contributed by atoms with E-state index < -0.39 is 23.7 Å². The number of imide groups is 1. The maximum absolute atomic E-state index is 13.4. The molecule has 0 spiro atoms. The minimum atomic E-state index is -4.68. The number of carbonyl (C=O) groups excluding carboxylic acids is 2. The number of hydrogen-bond acceptors (Lipinski definition) is 6. The first-order valence-corrected chi connectivity index (χ1v) is 9.14. The lowest BCUT2D eigenvalue weighted by atomic mass is 10.1. The zero-order chi connectivity index (χ0) is 21.6. The number of amides is 3. The van der Waals surface area contributed by atoms with E-state index in [1.54, 1.807) is 0 Å². The molecule has 0 aliphatic carbocycles. The summed E-state index contributed by atoms with van der Waals surface area (Å²) in [5, 5.41) is 5.63. The maximum Gasteiger partial charge on any atom is 0.420 e. The Labute approximate surface area is 170 Å². The molecule has 7 nitrogen and oxygen atoms in total. The van der Waals surface area contributed by atoms with E-state index in [1.807, 2.05) is 6.92 Å². The van der Waals surface area contributed by atoms with Gasteiger partial charge in [0, 0.05) is 5.69 Å². The van der Waals surface area contributed by atoms with Crippen molar-refractivity contribution in [1.82, 2.24) is 9.46 Å². The summed E-state index contributed by atoms with van der Waals surface area (Å²) in [7, 11) is 0. The Balaban J connectivity index is 2.14. The van der Waals surface area contributed by atoms with Crippen LogP contribution in [0.1, 0.15) is 47.9 Å². The van der Waals surface area contributed by atoms with Crippen molar-refractivity contribution >= 4 is 30.4 Å². The summed E-state index contributed by atoms with van der Waals surface area (Å²) in [4.78, 5) is 24.4. The molecule has 0 saturated carbocycles. The first-order valence-electron chi connectivity index (χ1n) is 8.74. The van der Waals surface area contributed by atoms with Gasteiger partial charge in [-0.3, -0.25) is 4.79 Å². The minimum Gasteiger partial charge on any atom is -0.493 e. The fourth-order valence-electron chi connectivity index (χ4n) is 2.38. The van der Waals surface area contributed by atoms with Crippen LogP contribution in [0.2, 0.25) is 0 Å². The van der Waals surface area contributed by atoms with Crippen molar-refractivity contribution in [2.45, 2.75) is 39.3 Å². The monoisotopic (exact) mass is 431 g/mol. The molecule has 2 aromatic rings. The van der Waals surface area contributed by atoms with Crippen molar-refractivity contribution in [3.8, 4) is 5.75 Å². The van der Waals surface area contributed by atoms with Crippen molar-refractivity contribution in [3.63, 3.8) is 0 Å². The molecular formula is C18H20F3N3O4S. The number of aromatic nitrogens is 1. The predicted octanol–water partition coefficient (Wildman–Crippen LogP) is 5.09. The minimum absolute atomic E-state index is 0.00181. The fraction of sp³-hybridized carbons (Fsp3) is 0.389. The van der Waals surface area contributed by atoms with E-state index in [-0.39, 0.29) is 29.4 Å². The van der Waals surface area contributed by atoms with E-state index >= 15 is 0 Å². The Kier molecular flexibility index (Phi) is 7.54. The van der Waals surface area contributed by atoms with Gasteiger partial charge in [0.05, 0.1) is 18.4 Å². The number of unbranched alkanes of at least 4 members (excludes halogenated alkanes) is 2. The normalized spacial score (nSPS) is 11.2. The zero-order valence-electron chi connectivity index (χ0n) is 15.7. The summed E-state index contributed by atoms with van der Waals surface area (Å²) >= 11 is 3.81. The quantitative estimate of drug-likeness (QED) is 0.471. The lowest BCUT2D eigenvalue weighted by Crippen LogP contribution is -2.32. The number of alkyl halides is 3. The number of rotatable bonds is 7. The second-order valence-corrected chi connectivity index (χ2v) is 6.51. The van der Waals surface area contributed by atoms with E-state index in [0.717, 1.165) is 31.2 Å². The van der Waals surface area contributed by atoms with Gasteiger partial charge in [-0.1, -0.05) is 37.7 Å². The highest BCUT2D eigenvalue weighted by Gasteiger charge is 2.35. The average Bonchev–Trinajstić information content (AvgIpc) is 3.10. The standard InChI is InChI=1S/C18H20F3N3O4S/c1-3-4-5-8-27-15-7-6-12(9-14(15)18(19,20)21)23-17(26)24(29)16(25)13-10-22-28-11(13)2/h6-7,9-10,29H,3-5,8H2,1-2H3,(H,23,26). The van der Waals surface area contributed by atoms with E-state index in [1.165, 1.54) is 13.0 Å². The molecule has 3 amide bonds. The molecule has 1 heterocycles. The van der Waals surface area contributed by atoms with Crippen molar-refractivity contribution in [1.29, 1.82) is 0 Å². The lowest BCUT2D eigenvalue weighted by Gasteiger charge is -2.17. The molecule has 158 valence electrons. The third-order valence-corrected chi connectivity index (χ3v) is 4.27. The summed E-state index contributed by atoms with van der Waals surface area (Å²) in [5.41, 5.74) is -1.20. The molecule has 0 saturated heterocycles. The van der Waals surface area contributed by atoms with Gasteiger partial charge in [-0.2, -0.15) is 13.2 Å². The molecular weight excluding hydrogens is 411 g/mol. The molecule has 0 aliphatic rings. The van der Waals surface area contributed by atoms with E-state index in [0.29, 0.717) is 10.7 Å². The second kappa shape index (κ2) is 9.68. The van der Waals surface area contributed by atoms with Crippen LogP contribution in [-0.2, 0) is 6.18 Å². The van der Waals surface area contributed by atoms with E-state index in [9.17, 15) is 22.8 Å². The molecule has 0 aliphatic heterocycles. The highest BCUT2D eigenvalue weighted by Crippen LogP contribution is 2.38. The molecule has 1 N–H and O–H groups in total. The van der Waals surface area contributed by atoms with Crippen LogP contribution in [0.4, 0.5) is 23.7 Å². The number of aryl methyl sites for hydroxylation is 1. The van der Waals surface area contributed by atoms with Crippen molar-refractivity contribution < 1.29 is 32.0 Å². The molecule has 11 heteroatoms. The SMILES string of the molecule is CCCCCOc1ccc(NC(=O)N(S)C(=O)c2cnoc2C)cc1C(F)(F)F. The topological polar surface area (TPSA) is 84.7 Å². The molecule has 29 heavy (non-hydrogen) atoms. The number of thiol groups is 1. The number of nitrogens with one attached hydrogen (secondary N) is 1. The van der Waals surface area contributed by atoms with Gasteiger partial charge >= 0.3 is 12.2 Å². The van der Waals surface area contributed by atoms with Crippen LogP contribution in [0.3, 0.4) is 0 Å². The van der Waals surface area contributed by atoms with Gasteiger partial charge in [0.25, 0.3) is 5.91 Å². The summed E-state index contributed by atoms with van der Waals surface area (Å²) < 4.78 is 50.5. The average molecular weight is 431 g/mol. The predicted molar refractivity (Wildman–Crippen MR) is 102 cm³/mol. The summed E-state index contributed by atoms with van der Waals surface area (Å²) in [5.74, 6) is -0.993. The molecule has 0 unspecified atom stereocenters. The van der Waals surface area contributed by atoms with Crippen molar-refractivity contribution in [3.05, 3.63) is 41.3 Å². The number of halogens is 3. The van der Waals surface area contributed by atoms with Gasteiger partial charge in [0.15, 0.2) is 0 Å². The fourth-order valence-corrected chi connectivity index (χ4v) is 2.53. The number of carbonyl (C=O) groups is 2. The van der Waals surface area contributed by atoms with Gasteiger partial charge in [-0.15, -0.1) is 0 Å². The number of anilines is 1. The Morgan fingerprint density at radius 1 is 1.31 bits per heavy atom. The zero-order valence-corrected chi connectivity index (χ0v) is 16.6. The maximum atomic E-state index is 13.4. The first kappa shape index (κ1) is 22.6. The number of urea groups is 1. The molecule has 0 bridgehead atoms. The van der Waals surface area contributed by atoms with Crippen LogP contribution < -0.4 is 10.1 Å². The highest BCUT2D eigenvalue weighted by atomic mass is 32.1. The highest BCUT2D eigenvalue weighted by molar-refractivity contribution is 7.79. The Morgan fingerprint density at radius 2 is 2.03 bits per heavy atom. The smallest absolute Gasteiger partial charge is 0.420 e.